The number of halogens is 1. The molecule has 0 aliphatic carbocycles. The molecule has 0 aliphatic heterocycles. The highest BCUT2D eigenvalue weighted by Gasteiger charge is 2.14. The van der Waals surface area contributed by atoms with Gasteiger partial charge in [0.25, 0.3) is 5.56 Å². The van der Waals surface area contributed by atoms with Crippen molar-refractivity contribution in [3.05, 3.63) is 39.1 Å². The van der Waals surface area contributed by atoms with Gasteiger partial charge in [0.15, 0.2) is 5.16 Å². The number of nitrogens with one attached hydrogen (secondary N) is 1. The van der Waals surface area contributed by atoms with Crippen LogP contribution in [0.5, 0.6) is 5.75 Å². The molecular formula is C12H11BrN2O2S. The van der Waals surface area contributed by atoms with Crippen LogP contribution < -0.4 is 10.3 Å². The zero-order valence-electron chi connectivity index (χ0n) is 9.86. The van der Waals surface area contributed by atoms with Crippen LogP contribution in [-0.4, -0.2) is 23.3 Å². The van der Waals surface area contributed by atoms with Crippen molar-refractivity contribution in [2.45, 2.75) is 5.16 Å². The van der Waals surface area contributed by atoms with Gasteiger partial charge in [-0.2, -0.15) is 0 Å². The minimum atomic E-state index is -0.199. The molecular weight excluding hydrogens is 316 g/mol. The summed E-state index contributed by atoms with van der Waals surface area (Å²) in [6, 6.07) is 7.46. The van der Waals surface area contributed by atoms with Crippen LogP contribution in [0.15, 0.2) is 38.7 Å². The Labute approximate surface area is 117 Å². The summed E-state index contributed by atoms with van der Waals surface area (Å²) < 4.78 is 5.70. The molecule has 18 heavy (non-hydrogen) atoms. The van der Waals surface area contributed by atoms with Crippen LogP contribution >= 0.6 is 27.7 Å². The smallest absolute Gasteiger partial charge is 0.266 e. The lowest BCUT2D eigenvalue weighted by Crippen LogP contribution is -2.11. The fourth-order valence-electron chi connectivity index (χ4n) is 1.55. The number of hydrogen-bond donors (Lipinski definition) is 1. The SMILES string of the molecule is COc1ccccc1-c1nc(SC)[nH]c(=O)c1Br. The molecule has 6 heteroatoms. The van der Waals surface area contributed by atoms with Crippen molar-refractivity contribution in [2.75, 3.05) is 13.4 Å². The Balaban J connectivity index is 2.70. The third-order valence-corrected chi connectivity index (χ3v) is 3.71. The molecule has 1 heterocycles. The first-order valence-electron chi connectivity index (χ1n) is 5.14. The number of nitrogens with zero attached hydrogens (tertiary/aromatic N) is 1. The van der Waals surface area contributed by atoms with Crippen LogP contribution in [0.4, 0.5) is 0 Å². The minimum Gasteiger partial charge on any atom is -0.496 e. The van der Waals surface area contributed by atoms with Crippen molar-refractivity contribution in [3.8, 4) is 17.0 Å². The third kappa shape index (κ3) is 2.44. The van der Waals surface area contributed by atoms with E-state index in [9.17, 15) is 4.79 Å². The summed E-state index contributed by atoms with van der Waals surface area (Å²) in [4.78, 5) is 18.9. The molecule has 0 saturated heterocycles. The summed E-state index contributed by atoms with van der Waals surface area (Å²) in [7, 11) is 1.59. The summed E-state index contributed by atoms with van der Waals surface area (Å²) in [6.07, 6.45) is 1.86. The number of H-pyrrole nitrogens is 1. The second-order valence-electron chi connectivity index (χ2n) is 3.44. The van der Waals surface area contributed by atoms with E-state index < -0.39 is 0 Å². The molecule has 2 aromatic rings. The third-order valence-electron chi connectivity index (χ3n) is 2.40. The zero-order chi connectivity index (χ0) is 13.1. The molecule has 0 atom stereocenters. The number of aromatic nitrogens is 2. The lowest BCUT2D eigenvalue weighted by molar-refractivity contribution is 0.416. The molecule has 94 valence electrons. The van der Waals surface area contributed by atoms with Crippen LogP contribution in [0.1, 0.15) is 0 Å². The van der Waals surface area contributed by atoms with Gasteiger partial charge in [-0.1, -0.05) is 23.9 Å². The van der Waals surface area contributed by atoms with Gasteiger partial charge >= 0.3 is 0 Å². The molecule has 4 nitrogen and oxygen atoms in total. The summed E-state index contributed by atoms with van der Waals surface area (Å²) in [5.41, 5.74) is 1.17. The average molecular weight is 327 g/mol. The second-order valence-corrected chi connectivity index (χ2v) is 5.03. The second kappa shape index (κ2) is 5.58. The number of aromatic amines is 1. The Bertz CT molecular complexity index is 628. The Morgan fingerprint density at radius 1 is 1.39 bits per heavy atom. The van der Waals surface area contributed by atoms with Crippen LogP contribution in [0, 0.1) is 0 Å². The highest BCUT2D eigenvalue weighted by atomic mass is 79.9. The van der Waals surface area contributed by atoms with Gasteiger partial charge < -0.3 is 9.72 Å². The van der Waals surface area contributed by atoms with Gasteiger partial charge in [0.05, 0.1) is 12.8 Å². The number of methoxy groups -OCH3 is 1. The number of hydrogen-bond acceptors (Lipinski definition) is 4. The molecule has 0 aliphatic rings. The maximum Gasteiger partial charge on any atom is 0.266 e. The molecule has 0 fully saturated rings. The van der Waals surface area contributed by atoms with Gasteiger partial charge in [-0.25, -0.2) is 4.98 Å². The quantitative estimate of drug-likeness (QED) is 0.696. The van der Waals surface area contributed by atoms with Crippen LogP contribution in [-0.2, 0) is 0 Å². The van der Waals surface area contributed by atoms with Crippen LogP contribution in [0.25, 0.3) is 11.3 Å². The molecule has 1 aromatic carbocycles. The lowest BCUT2D eigenvalue weighted by atomic mass is 10.1. The van der Waals surface area contributed by atoms with Crippen molar-refractivity contribution in [1.29, 1.82) is 0 Å². The van der Waals surface area contributed by atoms with Crippen molar-refractivity contribution in [1.82, 2.24) is 9.97 Å². The number of ether oxygens (including phenoxy) is 1. The van der Waals surface area contributed by atoms with E-state index in [4.69, 9.17) is 4.74 Å². The number of benzene rings is 1. The molecule has 0 unspecified atom stereocenters. The van der Waals surface area contributed by atoms with E-state index in [1.54, 1.807) is 7.11 Å². The Hall–Kier alpha value is -1.27. The van der Waals surface area contributed by atoms with Gasteiger partial charge in [-0.3, -0.25) is 4.79 Å². The number of rotatable bonds is 3. The summed E-state index contributed by atoms with van der Waals surface area (Å²) >= 11 is 4.66. The first kappa shape index (κ1) is 13.2. The highest BCUT2D eigenvalue weighted by Crippen LogP contribution is 2.32. The largest absolute Gasteiger partial charge is 0.496 e. The van der Waals surface area contributed by atoms with E-state index in [0.717, 1.165) is 5.56 Å². The molecule has 0 bridgehead atoms. The van der Waals surface area contributed by atoms with Crippen LogP contribution in [0.3, 0.4) is 0 Å². The Morgan fingerprint density at radius 3 is 2.78 bits per heavy atom. The predicted molar refractivity (Wildman–Crippen MR) is 76.3 cm³/mol. The van der Waals surface area contributed by atoms with Crippen molar-refractivity contribution in [2.24, 2.45) is 0 Å². The molecule has 0 amide bonds. The van der Waals surface area contributed by atoms with Crippen LogP contribution in [0.2, 0.25) is 0 Å². The van der Waals surface area contributed by atoms with E-state index in [0.29, 0.717) is 21.1 Å². The Kier molecular flexibility index (Phi) is 4.08. The molecule has 1 N–H and O–H groups in total. The van der Waals surface area contributed by atoms with Crippen molar-refractivity contribution in [3.63, 3.8) is 0 Å². The maximum atomic E-state index is 11.8. The van der Waals surface area contributed by atoms with E-state index >= 15 is 0 Å². The van der Waals surface area contributed by atoms with Gasteiger partial charge in [0, 0.05) is 5.56 Å². The summed E-state index contributed by atoms with van der Waals surface area (Å²) in [6.45, 7) is 0. The average Bonchev–Trinajstić information content (AvgIpc) is 2.41. The minimum absolute atomic E-state index is 0.199. The van der Waals surface area contributed by atoms with Gasteiger partial charge in [-0.15, -0.1) is 0 Å². The summed E-state index contributed by atoms with van der Waals surface area (Å²) in [5, 5.41) is 0.573. The molecule has 0 radical (unpaired) electrons. The van der Waals surface area contributed by atoms with E-state index in [1.165, 1.54) is 11.8 Å². The fourth-order valence-corrected chi connectivity index (χ4v) is 2.33. The molecule has 0 spiro atoms. The fraction of sp³-hybridized carbons (Fsp3) is 0.167. The normalized spacial score (nSPS) is 10.4. The highest BCUT2D eigenvalue weighted by molar-refractivity contribution is 9.10. The summed E-state index contributed by atoms with van der Waals surface area (Å²) in [5.74, 6) is 0.684. The monoisotopic (exact) mass is 326 g/mol. The first-order valence-corrected chi connectivity index (χ1v) is 7.16. The van der Waals surface area contributed by atoms with E-state index in [1.807, 2.05) is 30.5 Å². The topological polar surface area (TPSA) is 55.0 Å². The Morgan fingerprint density at radius 2 is 2.11 bits per heavy atom. The van der Waals surface area contributed by atoms with Gasteiger partial charge in [-0.05, 0) is 34.3 Å². The molecule has 0 saturated carbocycles. The number of thioether (sulfide) groups is 1. The zero-order valence-corrected chi connectivity index (χ0v) is 12.3. The predicted octanol–water partition coefficient (Wildman–Crippen LogP) is 2.93. The van der Waals surface area contributed by atoms with Crippen molar-refractivity contribution >= 4 is 27.7 Å². The standard InChI is InChI=1S/C12H11BrN2O2S/c1-17-8-6-4-3-5-7(8)10-9(13)11(16)15-12(14-10)18-2/h3-6H,1-2H3,(H,14,15,16). The molecule has 2 rings (SSSR count). The molecule has 1 aromatic heterocycles. The number of para-hydroxylation sites is 1. The van der Waals surface area contributed by atoms with Crippen molar-refractivity contribution < 1.29 is 4.74 Å². The van der Waals surface area contributed by atoms with E-state index in [-0.39, 0.29) is 5.56 Å². The maximum absolute atomic E-state index is 11.8. The van der Waals surface area contributed by atoms with Gasteiger partial charge in [0.2, 0.25) is 0 Å². The van der Waals surface area contributed by atoms with Gasteiger partial charge in [0.1, 0.15) is 10.2 Å². The lowest BCUT2D eigenvalue weighted by Gasteiger charge is -2.09. The van der Waals surface area contributed by atoms with E-state index in [2.05, 4.69) is 25.9 Å². The first-order chi connectivity index (χ1) is 8.67.